The Morgan fingerprint density at radius 2 is 2.26 bits per heavy atom. The maximum absolute atomic E-state index is 11.0. The van der Waals surface area contributed by atoms with Gasteiger partial charge in [-0.2, -0.15) is 5.10 Å². The van der Waals surface area contributed by atoms with Crippen molar-refractivity contribution in [3.63, 3.8) is 0 Å². The van der Waals surface area contributed by atoms with Crippen LogP contribution < -0.4 is 5.32 Å². The van der Waals surface area contributed by atoms with E-state index >= 15 is 0 Å². The lowest BCUT2D eigenvalue weighted by atomic mass is 10.2. The summed E-state index contributed by atoms with van der Waals surface area (Å²) in [6, 6.07) is 0. The molecule has 19 heavy (non-hydrogen) atoms. The summed E-state index contributed by atoms with van der Waals surface area (Å²) in [7, 11) is 3.69. The topological polar surface area (TPSA) is 85.0 Å². The molecule has 2 rings (SSSR count). The Labute approximate surface area is 110 Å². The molecule has 102 valence electrons. The first-order valence-electron chi connectivity index (χ1n) is 6.00. The van der Waals surface area contributed by atoms with Crippen molar-refractivity contribution < 1.29 is 9.90 Å². The fourth-order valence-corrected chi connectivity index (χ4v) is 1.90. The van der Waals surface area contributed by atoms with Crippen LogP contribution >= 0.6 is 0 Å². The summed E-state index contributed by atoms with van der Waals surface area (Å²) < 4.78 is 3.55. The molecule has 0 aliphatic heterocycles. The first-order valence-corrected chi connectivity index (χ1v) is 6.00. The van der Waals surface area contributed by atoms with Gasteiger partial charge in [-0.25, -0.2) is 9.78 Å². The normalized spacial score (nSPS) is 10.8. The number of nitrogens with one attached hydrogen (secondary N) is 1. The van der Waals surface area contributed by atoms with Crippen molar-refractivity contribution >= 4 is 5.97 Å². The van der Waals surface area contributed by atoms with E-state index in [1.807, 2.05) is 17.8 Å². The van der Waals surface area contributed by atoms with Gasteiger partial charge >= 0.3 is 5.97 Å². The van der Waals surface area contributed by atoms with E-state index < -0.39 is 5.97 Å². The van der Waals surface area contributed by atoms with Crippen molar-refractivity contribution in [3.8, 4) is 0 Å². The molecule has 7 heteroatoms. The molecule has 0 atom stereocenters. The van der Waals surface area contributed by atoms with Gasteiger partial charge in [0.1, 0.15) is 11.4 Å². The lowest BCUT2D eigenvalue weighted by Crippen LogP contribution is -2.21. The molecular weight excluding hydrogens is 246 g/mol. The number of nitrogens with zero attached hydrogens (tertiary/aromatic N) is 4. The van der Waals surface area contributed by atoms with Gasteiger partial charge in [0.25, 0.3) is 0 Å². The summed E-state index contributed by atoms with van der Waals surface area (Å²) in [6.07, 6.45) is 5.83. The van der Waals surface area contributed by atoms with Crippen molar-refractivity contribution in [2.45, 2.75) is 13.0 Å². The predicted octanol–water partition coefficient (Wildman–Crippen LogP) is 0.184. The molecule has 0 bridgehead atoms. The number of aromatic nitrogens is 4. The fourth-order valence-electron chi connectivity index (χ4n) is 1.90. The summed E-state index contributed by atoms with van der Waals surface area (Å²) in [5, 5.41) is 16.2. The molecule has 0 saturated heterocycles. The molecule has 0 aliphatic rings. The van der Waals surface area contributed by atoms with Crippen molar-refractivity contribution in [2.75, 3.05) is 6.54 Å². The number of carbonyl (C=O) groups is 1. The molecule has 2 aromatic heterocycles. The standard InChI is InChI=1S/C12H17N5O2/c1-16-6-5-14-11(16)3-4-13-8-10-9(12(18)19)7-15-17(10)2/h5-7,13H,3-4,8H2,1-2H3,(H,18,19). The van der Waals surface area contributed by atoms with Crippen LogP contribution in [0.25, 0.3) is 0 Å². The second-order valence-corrected chi connectivity index (χ2v) is 4.31. The van der Waals surface area contributed by atoms with Crippen LogP contribution in [0.4, 0.5) is 0 Å². The monoisotopic (exact) mass is 263 g/mol. The second kappa shape index (κ2) is 5.66. The van der Waals surface area contributed by atoms with Gasteiger partial charge in [-0.05, 0) is 0 Å². The van der Waals surface area contributed by atoms with E-state index in [0.717, 1.165) is 18.8 Å². The highest BCUT2D eigenvalue weighted by Crippen LogP contribution is 2.07. The Morgan fingerprint density at radius 1 is 1.47 bits per heavy atom. The Morgan fingerprint density at radius 3 is 2.89 bits per heavy atom. The molecule has 2 N–H and O–H groups in total. The minimum Gasteiger partial charge on any atom is -0.478 e. The predicted molar refractivity (Wildman–Crippen MR) is 68.8 cm³/mol. The lowest BCUT2D eigenvalue weighted by Gasteiger charge is -2.06. The fraction of sp³-hybridized carbons (Fsp3) is 0.417. The van der Waals surface area contributed by atoms with Crippen LogP contribution in [0.15, 0.2) is 18.6 Å². The van der Waals surface area contributed by atoms with Crippen LogP contribution in [-0.4, -0.2) is 37.0 Å². The zero-order valence-electron chi connectivity index (χ0n) is 11.0. The largest absolute Gasteiger partial charge is 0.478 e. The van der Waals surface area contributed by atoms with E-state index in [0.29, 0.717) is 12.2 Å². The first-order chi connectivity index (χ1) is 9.09. The SMILES string of the molecule is Cn1ccnc1CCNCc1c(C(=O)O)cnn1C. The highest BCUT2D eigenvalue weighted by Gasteiger charge is 2.14. The molecule has 0 saturated carbocycles. The molecule has 0 radical (unpaired) electrons. The number of hydrogen-bond acceptors (Lipinski definition) is 4. The van der Waals surface area contributed by atoms with E-state index in [9.17, 15) is 4.79 Å². The van der Waals surface area contributed by atoms with Crippen LogP contribution in [0.2, 0.25) is 0 Å². The smallest absolute Gasteiger partial charge is 0.339 e. The molecule has 2 heterocycles. The first kappa shape index (κ1) is 13.3. The highest BCUT2D eigenvalue weighted by molar-refractivity contribution is 5.88. The molecule has 7 nitrogen and oxygen atoms in total. The maximum atomic E-state index is 11.0. The van der Waals surface area contributed by atoms with Gasteiger partial charge in [-0.1, -0.05) is 0 Å². The maximum Gasteiger partial charge on any atom is 0.339 e. The summed E-state index contributed by atoms with van der Waals surface area (Å²) in [5.74, 6) is 0.0463. The number of rotatable bonds is 6. The van der Waals surface area contributed by atoms with Crippen molar-refractivity contribution in [1.29, 1.82) is 0 Å². The van der Waals surface area contributed by atoms with Crippen LogP contribution in [-0.2, 0) is 27.1 Å². The Balaban J connectivity index is 1.88. The van der Waals surface area contributed by atoms with Gasteiger partial charge in [0.05, 0.1) is 11.9 Å². The third-order valence-electron chi connectivity index (χ3n) is 3.03. The minimum absolute atomic E-state index is 0.243. The molecule has 2 aromatic rings. The summed E-state index contributed by atoms with van der Waals surface area (Å²) in [4.78, 5) is 15.2. The Kier molecular flexibility index (Phi) is 3.96. The summed E-state index contributed by atoms with van der Waals surface area (Å²) in [5.41, 5.74) is 0.916. The van der Waals surface area contributed by atoms with E-state index in [1.54, 1.807) is 17.9 Å². The third kappa shape index (κ3) is 3.00. The molecule has 0 aliphatic carbocycles. The molecule has 0 amide bonds. The number of carboxylic acids is 1. The van der Waals surface area contributed by atoms with E-state index in [-0.39, 0.29) is 5.56 Å². The average Bonchev–Trinajstić information content (AvgIpc) is 2.92. The molecule has 0 fully saturated rings. The molecular formula is C12H17N5O2. The van der Waals surface area contributed by atoms with Crippen LogP contribution in [0.5, 0.6) is 0 Å². The number of aromatic carboxylic acids is 1. The zero-order valence-corrected chi connectivity index (χ0v) is 11.0. The quantitative estimate of drug-likeness (QED) is 0.726. The van der Waals surface area contributed by atoms with E-state index in [4.69, 9.17) is 5.11 Å². The van der Waals surface area contributed by atoms with Crippen molar-refractivity contribution in [3.05, 3.63) is 35.7 Å². The van der Waals surface area contributed by atoms with Gasteiger partial charge < -0.3 is 15.0 Å². The molecule has 0 spiro atoms. The molecule has 0 aromatic carbocycles. The van der Waals surface area contributed by atoms with Gasteiger partial charge in [-0.15, -0.1) is 0 Å². The van der Waals surface area contributed by atoms with Crippen LogP contribution in [0.1, 0.15) is 21.9 Å². The van der Waals surface area contributed by atoms with Crippen LogP contribution in [0, 0.1) is 0 Å². The number of hydrogen-bond donors (Lipinski definition) is 2. The van der Waals surface area contributed by atoms with Crippen LogP contribution in [0.3, 0.4) is 0 Å². The highest BCUT2D eigenvalue weighted by atomic mass is 16.4. The van der Waals surface area contributed by atoms with Gasteiger partial charge in [0, 0.05) is 46.0 Å². The molecule has 0 unspecified atom stereocenters. The number of carboxylic acid groups (broad SMARTS) is 1. The Bertz CT molecular complexity index is 572. The average molecular weight is 263 g/mol. The summed E-state index contributed by atoms with van der Waals surface area (Å²) in [6.45, 7) is 1.21. The summed E-state index contributed by atoms with van der Waals surface area (Å²) >= 11 is 0. The zero-order chi connectivity index (χ0) is 13.8. The number of aryl methyl sites for hydroxylation is 2. The van der Waals surface area contributed by atoms with E-state index in [2.05, 4.69) is 15.4 Å². The van der Waals surface area contributed by atoms with Crippen molar-refractivity contribution in [2.24, 2.45) is 14.1 Å². The van der Waals surface area contributed by atoms with Gasteiger partial charge in [0.2, 0.25) is 0 Å². The lowest BCUT2D eigenvalue weighted by molar-refractivity contribution is 0.0695. The number of imidazole rings is 1. The third-order valence-corrected chi connectivity index (χ3v) is 3.03. The van der Waals surface area contributed by atoms with Gasteiger partial charge in [-0.3, -0.25) is 4.68 Å². The second-order valence-electron chi connectivity index (χ2n) is 4.31. The minimum atomic E-state index is -0.950. The van der Waals surface area contributed by atoms with E-state index in [1.165, 1.54) is 6.20 Å². The van der Waals surface area contributed by atoms with Crippen molar-refractivity contribution in [1.82, 2.24) is 24.6 Å². The van der Waals surface area contributed by atoms with Gasteiger partial charge in [0.15, 0.2) is 0 Å². The Hall–Kier alpha value is -2.15.